The summed E-state index contributed by atoms with van der Waals surface area (Å²) in [6.45, 7) is 1.81. The lowest BCUT2D eigenvalue weighted by Gasteiger charge is -2.15. The molecule has 0 radical (unpaired) electrons. The normalized spacial score (nSPS) is 11.5. The first-order chi connectivity index (χ1) is 10.5. The lowest BCUT2D eigenvalue weighted by molar-refractivity contribution is 0.0939. The third kappa shape index (κ3) is 4.05. The van der Waals surface area contributed by atoms with Gasteiger partial charge in [-0.2, -0.15) is 0 Å². The van der Waals surface area contributed by atoms with Crippen molar-refractivity contribution < 1.29 is 14.0 Å². The molecule has 0 bridgehead atoms. The fraction of sp³-hybridized carbons (Fsp3) is 0.125. The van der Waals surface area contributed by atoms with Crippen molar-refractivity contribution >= 4 is 17.6 Å². The van der Waals surface area contributed by atoms with Crippen LogP contribution in [0.1, 0.15) is 28.9 Å². The predicted molar refractivity (Wildman–Crippen MR) is 81.9 cm³/mol. The SMILES string of the molecule is C[C@@H](NC(=O)c1cccc(F)c1)c1ccc(NC(N)=O)cc1. The van der Waals surface area contributed by atoms with Crippen LogP contribution in [0.15, 0.2) is 48.5 Å². The smallest absolute Gasteiger partial charge is 0.316 e. The number of carbonyl (C=O) groups excluding carboxylic acids is 2. The van der Waals surface area contributed by atoms with Crippen molar-refractivity contribution in [3.63, 3.8) is 0 Å². The standard InChI is InChI=1S/C16H16FN3O2/c1-10(11-5-7-14(8-6-11)20-16(18)22)19-15(21)12-3-2-4-13(17)9-12/h2-10H,1H3,(H,19,21)(H3,18,20,22)/t10-/m1/s1. The van der Waals surface area contributed by atoms with Crippen LogP contribution in [0, 0.1) is 5.82 Å². The molecule has 3 amide bonds. The Bertz CT molecular complexity index is 686. The molecule has 2 aromatic carbocycles. The Morgan fingerprint density at radius 3 is 2.41 bits per heavy atom. The number of halogens is 1. The maximum atomic E-state index is 13.1. The van der Waals surface area contributed by atoms with E-state index in [2.05, 4.69) is 10.6 Å². The van der Waals surface area contributed by atoms with Gasteiger partial charge in [0.05, 0.1) is 6.04 Å². The molecule has 0 spiro atoms. The van der Waals surface area contributed by atoms with Crippen molar-refractivity contribution in [2.24, 2.45) is 5.73 Å². The van der Waals surface area contributed by atoms with E-state index >= 15 is 0 Å². The second kappa shape index (κ2) is 6.71. The minimum absolute atomic E-state index is 0.263. The number of anilines is 1. The first kappa shape index (κ1) is 15.5. The molecule has 0 aromatic heterocycles. The van der Waals surface area contributed by atoms with Gasteiger partial charge in [0.15, 0.2) is 0 Å². The van der Waals surface area contributed by atoms with Crippen LogP contribution in [-0.2, 0) is 0 Å². The molecule has 0 saturated carbocycles. The van der Waals surface area contributed by atoms with E-state index in [4.69, 9.17) is 5.73 Å². The molecule has 0 aliphatic heterocycles. The van der Waals surface area contributed by atoms with Crippen LogP contribution in [-0.4, -0.2) is 11.9 Å². The van der Waals surface area contributed by atoms with Crippen molar-refractivity contribution in [1.29, 1.82) is 0 Å². The molecular formula is C16H16FN3O2. The van der Waals surface area contributed by atoms with E-state index in [1.807, 2.05) is 6.92 Å². The number of urea groups is 1. The molecule has 0 saturated heterocycles. The summed E-state index contributed by atoms with van der Waals surface area (Å²) in [4.78, 5) is 22.8. The summed E-state index contributed by atoms with van der Waals surface area (Å²) in [5.74, 6) is -0.812. The van der Waals surface area contributed by atoms with Gasteiger partial charge >= 0.3 is 6.03 Å². The molecule has 2 rings (SSSR count). The summed E-state index contributed by atoms with van der Waals surface area (Å²) >= 11 is 0. The minimum atomic E-state index is -0.639. The van der Waals surface area contributed by atoms with Gasteiger partial charge in [0.2, 0.25) is 0 Å². The summed E-state index contributed by atoms with van der Waals surface area (Å²) in [5, 5.41) is 5.24. The van der Waals surface area contributed by atoms with Crippen LogP contribution >= 0.6 is 0 Å². The van der Waals surface area contributed by atoms with E-state index in [1.54, 1.807) is 30.3 Å². The monoisotopic (exact) mass is 301 g/mol. The minimum Gasteiger partial charge on any atom is -0.351 e. The van der Waals surface area contributed by atoms with Crippen molar-refractivity contribution in [1.82, 2.24) is 5.32 Å². The highest BCUT2D eigenvalue weighted by molar-refractivity contribution is 5.94. The van der Waals surface area contributed by atoms with Gasteiger partial charge in [-0.25, -0.2) is 9.18 Å². The lowest BCUT2D eigenvalue weighted by Crippen LogP contribution is -2.26. The van der Waals surface area contributed by atoms with Crippen LogP contribution < -0.4 is 16.4 Å². The molecule has 114 valence electrons. The molecule has 0 unspecified atom stereocenters. The molecule has 1 atom stereocenters. The Labute approximate surface area is 127 Å². The number of rotatable bonds is 4. The van der Waals surface area contributed by atoms with Crippen LogP contribution in [0.25, 0.3) is 0 Å². The largest absolute Gasteiger partial charge is 0.351 e. The fourth-order valence-electron chi connectivity index (χ4n) is 1.99. The highest BCUT2D eigenvalue weighted by Crippen LogP contribution is 2.16. The molecule has 4 N–H and O–H groups in total. The highest BCUT2D eigenvalue weighted by atomic mass is 19.1. The van der Waals surface area contributed by atoms with Gasteiger partial charge in [-0.05, 0) is 42.8 Å². The maximum Gasteiger partial charge on any atom is 0.316 e. The lowest BCUT2D eigenvalue weighted by atomic mass is 10.1. The molecule has 0 heterocycles. The average molecular weight is 301 g/mol. The van der Waals surface area contributed by atoms with E-state index < -0.39 is 11.8 Å². The van der Waals surface area contributed by atoms with Crippen molar-refractivity contribution in [2.75, 3.05) is 5.32 Å². The van der Waals surface area contributed by atoms with Gasteiger partial charge in [-0.1, -0.05) is 18.2 Å². The maximum absolute atomic E-state index is 13.1. The molecule has 5 nitrogen and oxygen atoms in total. The van der Waals surface area contributed by atoms with Crippen LogP contribution in [0.4, 0.5) is 14.9 Å². The zero-order valence-corrected chi connectivity index (χ0v) is 12.0. The zero-order chi connectivity index (χ0) is 16.1. The number of primary amides is 1. The average Bonchev–Trinajstić information content (AvgIpc) is 2.47. The first-order valence-electron chi connectivity index (χ1n) is 6.68. The number of hydrogen-bond donors (Lipinski definition) is 3. The van der Waals surface area contributed by atoms with Gasteiger partial charge in [0.25, 0.3) is 5.91 Å². The van der Waals surface area contributed by atoms with Crippen LogP contribution in [0.3, 0.4) is 0 Å². The molecule has 0 aliphatic carbocycles. The van der Waals surface area contributed by atoms with E-state index in [0.29, 0.717) is 5.69 Å². The van der Waals surface area contributed by atoms with Crippen LogP contribution in [0.5, 0.6) is 0 Å². The molecular weight excluding hydrogens is 285 g/mol. The van der Waals surface area contributed by atoms with E-state index in [0.717, 1.165) is 5.56 Å². The second-order valence-electron chi connectivity index (χ2n) is 4.82. The zero-order valence-electron chi connectivity index (χ0n) is 12.0. The Morgan fingerprint density at radius 2 is 1.82 bits per heavy atom. The molecule has 0 fully saturated rings. The number of benzene rings is 2. The summed E-state index contributed by atoms with van der Waals surface area (Å²) in [7, 11) is 0. The van der Waals surface area contributed by atoms with Gasteiger partial charge in [-0.15, -0.1) is 0 Å². The van der Waals surface area contributed by atoms with E-state index in [1.165, 1.54) is 18.2 Å². The number of carbonyl (C=O) groups is 2. The van der Waals surface area contributed by atoms with Crippen LogP contribution in [0.2, 0.25) is 0 Å². The van der Waals surface area contributed by atoms with Gasteiger partial charge in [-0.3, -0.25) is 4.79 Å². The topological polar surface area (TPSA) is 84.2 Å². The van der Waals surface area contributed by atoms with E-state index in [9.17, 15) is 14.0 Å². The van der Waals surface area contributed by atoms with Crippen molar-refractivity contribution in [2.45, 2.75) is 13.0 Å². The third-order valence-electron chi connectivity index (χ3n) is 3.11. The Morgan fingerprint density at radius 1 is 1.14 bits per heavy atom. The molecule has 22 heavy (non-hydrogen) atoms. The van der Waals surface area contributed by atoms with Crippen molar-refractivity contribution in [3.05, 3.63) is 65.5 Å². The number of nitrogens with two attached hydrogens (primary N) is 1. The Balaban J connectivity index is 2.03. The summed E-state index contributed by atoms with van der Waals surface area (Å²) in [6.07, 6.45) is 0. The Kier molecular flexibility index (Phi) is 4.73. The fourth-order valence-corrected chi connectivity index (χ4v) is 1.99. The summed E-state index contributed by atoms with van der Waals surface area (Å²) in [5.41, 5.74) is 6.71. The number of amides is 3. The summed E-state index contributed by atoms with van der Waals surface area (Å²) in [6, 6.07) is 11.5. The van der Waals surface area contributed by atoms with Gasteiger partial charge in [0.1, 0.15) is 5.82 Å². The molecule has 2 aromatic rings. The number of nitrogens with one attached hydrogen (secondary N) is 2. The van der Waals surface area contributed by atoms with E-state index in [-0.39, 0.29) is 17.5 Å². The number of hydrogen-bond acceptors (Lipinski definition) is 2. The summed E-state index contributed by atoms with van der Waals surface area (Å²) < 4.78 is 13.1. The Hall–Kier alpha value is -2.89. The van der Waals surface area contributed by atoms with Gasteiger partial charge in [0, 0.05) is 11.3 Å². The highest BCUT2D eigenvalue weighted by Gasteiger charge is 2.12. The third-order valence-corrected chi connectivity index (χ3v) is 3.11. The second-order valence-corrected chi connectivity index (χ2v) is 4.82. The first-order valence-corrected chi connectivity index (χ1v) is 6.68. The quantitative estimate of drug-likeness (QED) is 0.811. The molecule has 0 aliphatic rings. The van der Waals surface area contributed by atoms with Gasteiger partial charge < -0.3 is 16.4 Å². The van der Waals surface area contributed by atoms with Crippen molar-refractivity contribution in [3.8, 4) is 0 Å². The molecule has 6 heteroatoms. The predicted octanol–water partition coefficient (Wildman–Crippen LogP) is 2.81.